The number of hydrogen-bond donors (Lipinski definition) is 2. The van der Waals surface area contributed by atoms with Crippen molar-refractivity contribution in [1.82, 2.24) is 0 Å². The van der Waals surface area contributed by atoms with Crippen LogP contribution in [0.3, 0.4) is 0 Å². The molecule has 1 saturated heterocycles. The van der Waals surface area contributed by atoms with Gasteiger partial charge in [-0.3, -0.25) is 8.37 Å². The van der Waals surface area contributed by atoms with Crippen LogP contribution in [-0.2, 0) is 38.1 Å². The molecule has 3 rings (SSSR count). The van der Waals surface area contributed by atoms with Crippen molar-refractivity contribution in [3.05, 3.63) is 59.7 Å². The SMILES string of the molecule is CO[C@H]1O[C@H](COS(=O)(=O)c2ccc(C)cc2)[C@H](O)[C@H](O)[C@H]1OS(=O)(=O)c1ccc(C)cc1. The van der Waals surface area contributed by atoms with E-state index in [-0.39, 0.29) is 9.79 Å². The van der Waals surface area contributed by atoms with Gasteiger partial charge in [0.15, 0.2) is 12.4 Å². The molecule has 1 aliphatic heterocycles. The number of aryl methyl sites for hydroxylation is 2. The van der Waals surface area contributed by atoms with E-state index < -0.39 is 57.5 Å². The van der Waals surface area contributed by atoms with Crippen LogP contribution in [-0.4, -0.2) is 71.5 Å². The number of aliphatic hydroxyl groups is 2. The number of benzene rings is 2. The molecule has 1 aliphatic rings. The fraction of sp³-hybridized carbons (Fsp3) is 0.429. The summed E-state index contributed by atoms with van der Waals surface area (Å²) in [7, 11) is -7.31. The molecule has 2 aromatic carbocycles. The van der Waals surface area contributed by atoms with E-state index in [1.807, 2.05) is 0 Å². The molecule has 0 unspecified atom stereocenters. The average Bonchev–Trinajstić information content (AvgIpc) is 2.77. The molecule has 0 radical (unpaired) electrons. The van der Waals surface area contributed by atoms with Gasteiger partial charge in [0.25, 0.3) is 20.2 Å². The Hall–Kier alpha value is -1.90. The predicted molar refractivity (Wildman–Crippen MR) is 115 cm³/mol. The van der Waals surface area contributed by atoms with Crippen molar-refractivity contribution in [3.63, 3.8) is 0 Å². The van der Waals surface area contributed by atoms with Gasteiger partial charge in [0, 0.05) is 7.11 Å². The summed E-state index contributed by atoms with van der Waals surface area (Å²) in [5, 5.41) is 21.0. The largest absolute Gasteiger partial charge is 0.387 e. The molecule has 0 aromatic heterocycles. The van der Waals surface area contributed by atoms with Crippen LogP contribution in [0.25, 0.3) is 0 Å². The summed E-state index contributed by atoms with van der Waals surface area (Å²) in [5.74, 6) is 0. The van der Waals surface area contributed by atoms with Gasteiger partial charge in [0.05, 0.1) is 16.4 Å². The van der Waals surface area contributed by atoms with Gasteiger partial charge in [-0.1, -0.05) is 35.4 Å². The van der Waals surface area contributed by atoms with Crippen LogP contribution >= 0.6 is 0 Å². The summed E-state index contributed by atoms with van der Waals surface area (Å²) in [6, 6.07) is 11.8. The topological polar surface area (TPSA) is 146 Å². The highest BCUT2D eigenvalue weighted by Gasteiger charge is 2.48. The quantitative estimate of drug-likeness (QED) is 0.499. The Kier molecular flexibility index (Phi) is 7.91. The van der Waals surface area contributed by atoms with E-state index in [2.05, 4.69) is 0 Å². The first kappa shape index (κ1) is 25.7. The van der Waals surface area contributed by atoms with Crippen LogP contribution in [0.5, 0.6) is 0 Å². The van der Waals surface area contributed by atoms with Crippen molar-refractivity contribution >= 4 is 20.2 Å². The fourth-order valence-corrected chi connectivity index (χ4v) is 5.17. The summed E-state index contributed by atoms with van der Waals surface area (Å²) >= 11 is 0. The normalized spacial score (nSPS) is 26.3. The standard InChI is InChI=1S/C21H26O10S2/c1-13-4-8-15(9-5-13)32(24,25)29-12-17-18(22)19(23)20(21(28-3)30-17)31-33(26,27)16-10-6-14(2)7-11-16/h4-11,17-23H,12H2,1-3H3/t17-,18+,19+,20-,21+/m1/s1. The number of ether oxygens (including phenoxy) is 2. The van der Waals surface area contributed by atoms with Crippen LogP contribution in [0.1, 0.15) is 11.1 Å². The number of aliphatic hydroxyl groups excluding tert-OH is 2. The van der Waals surface area contributed by atoms with Crippen molar-refractivity contribution in [1.29, 1.82) is 0 Å². The molecule has 0 aliphatic carbocycles. The highest BCUT2D eigenvalue weighted by atomic mass is 32.2. The molecule has 2 aromatic rings. The molecular weight excluding hydrogens is 476 g/mol. The van der Waals surface area contributed by atoms with Crippen LogP contribution in [0.15, 0.2) is 58.3 Å². The minimum atomic E-state index is -4.33. The fourth-order valence-electron chi connectivity index (χ4n) is 3.17. The van der Waals surface area contributed by atoms with E-state index in [1.54, 1.807) is 38.1 Å². The zero-order valence-corrected chi connectivity index (χ0v) is 19.8. The summed E-state index contributed by atoms with van der Waals surface area (Å²) in [5.41, 5.74) is 1.70. The first-order valence-corrected chi connectivity index (χ1v) is 12.8. The second kappa shape index (κ2) is 10.2. The van der Waals surface area contributed by atoms with Crippen LogP contribution in [0.2, 0.25) is 0 Å². The van der Waals surface area contributed by atoms with Crippen molar-refractivity contribution in [2.75, 3.05) is 13.7 Å². The van der Waals surface area contributed by atoms with Gasteiger partial charge in [-0.05, 0) is 38.1 Å². The van der Waals surface area contributed by atoms with E-state index in [0.717, 1.165) is 11.1 Å². The van der Waals surface area contributed by atoms with Crippen LogP contribution < -0.4 is 0 Å². The Morgan fingerprint density at radius 3 is 1.79 bits per heavy atom. The highest BCUT2D eigenvalue weighted by Crippen LogP contribution is 2.28. The number of hydrogen-bond acceptors (Lipinski definition) is 10. The Balaban J connectivity index is 1.72. The van der Waals surface area contributed by atoms with Crippen molar-refractivity contribution in [2.45, 2.75) is 54.3 Å². The molecule has 0 bridgehead atoms. The van der Waals surface area contributed by atoms with Gasteiger partial charge in [-0.2, -0.15) is 16.8 Å². The van der Waals surface area contributed by atoms with Gasteiger partial charge in [0.2, 0.25) is 0 Å². The number of methoxy groups -OCH3 is 1. The summed E-state index contributed by atoms with van der Waals surface area (Å²) in [6.45, 7) is 2.94. The van der Waals surface area contributed by atoms with E-state index >= 15 is 0 Å². The third-order valence-electron chi connectivity index (χ3n) is 5.12. The summed E-state index contributed by atoms with van der Waals surface area (Å²) in [4.78, 5) is -0.244. The lowest BCUT2D eigenvalue weighted by molar-refractivity contribution is -0.286. The summed E-state index contributed by atoms with van der Waals surface area (Å²) < 4.78 is 70.7. The lowest BCUT2D eigenvalue weighted by Gasteiger charge is -2.41. The second-order valence-electron chi connectivity index (χ2n) is 7.64. The van der Waals surface area contributed by atoms with Gasteiger partial charge < -0.3 is 19.7 Å². The van der Waals surface area contributed by atoms with E-state index in [0.29, 0.717) is 0 Å². The van der Waals surface area contributed by atoms with Crippen molar-refractivity contribution in [3.8, 4) is 0 Å². The molecule has 5 atom stereocenters. The third-order valence-corrected chi connectivity index (χ3v) is 7.74. The van der Waals surface area contributed by atoms with Gasteiger partial charge in [-0.15, -0.1) is 0 Å². The zero-order chi connectivity index (χ0) is 24.4. The van der Waals surface area contributed by atoms with Gasteiger partial charge >= 0.3 is 0 Å². The molecule has 1 heterocycles. The average molecular weight is 503 g/mol. The highest BCUT2D eigenvalue weighted by molar-refractivity contribution is 7.87. The molecule has 33 heavy (non-hydrogen) atoms. The Morgan fingerprint density at radius 1 is 0.818 bits per heavy atom. The smallest absolute Gasteiger partial charge is 0.297 e. The van der Waals surface area contributed by atoms with Crippen molar-refractivity contribution < 1.29 is 44.9 Å². The molecule has 2 N–H and O–H groups in total. The maximum atomic E-state index is 12.6. The molecule has 0 spiro atoms. The zero-order valence-electron chi connectivity index (χ0n) is 18.2. The minimum Gasteiger partial charge on any atom is -0.387 e. The molecule has 10 nitrogen and oxygen atoms in total. The second-order valence-corrected chi connectivity index (χ2v) is 10.8. The molecule has 0 amide bonds. The first-order chi connectivity index (χ1) is 15.4. The van der Waals surface area contributed by atoms with E-state index in [1.165, 1.54) is 31.4 Å². The van der Waals surface area contributed by atoms with E-state index in [4.69, 9.17) is 17.8 Å². The molecule has 1 fully saturated rings. The molecule has 182 valence electrons. The third kappa shape index (κ3) is 5.97. The molecular formula is C21H26O10S2. The number of rotatable bonds is 8. The predicted octanol–water partition coefficient (Wildman–Crippen LogP) is 0.876. The van der Waals surface area contributed by atoms with E-state index in [9.17, 15) is 27.0 Å². The minimum absolute atomic E-state index is 0.0901. The Labute approximate surface area is 192 Å². The van der Waals surface area contributed by atoms with Gasteiger partial charge in [-0.25, -0.2) is 0 Å². The molecule has 12 heteroatoms. The van der Waals surface area contributed by atoms with Crippen molar-refractivity contribution in [2.24, 2.45) is 0 Å². The Bertz CT molecular complexity index is 1140. The lowest BCUT2D eigenvalue weighted by Crippen LogP contribution is -2.60. The lowest BCUT2D eigenvalue weighted by atomic mass is 9.99. The van der Waals surface area contributed by atoms with Crippen LogP contribution in [0, 0.1) is 13.8 Å². The summed E-state index contributed by atoms with van der Waals surface area (Å²) in [6.07, 6.45) is -7.88. The monoisotopic (exact) mass is 502 g/mol. The first-order valence-electron chi connectivity index (χ1n) is 9.95. The Morgan fingerprint density at radius 2 is 1.30 bits per heavy atom. The van der Waals surface area contributed by atoms with Crippen LogP contribution in [0.4, 0.5) is 0 Å². The van der Waals surface area contributed by atoms with Gasteiger partial charge in [0.1, 0.15) is 18.3 Å². The molecule has 0 saturated carbocycles. The maximum Gasteiger partial charge on any atom is 0.297 e. The maximum absolute atomic E-state index is 12.6.